The van der Waals surface area contributed by atoms with Gasteiger partial charge >= 0.3 is 0 Å². The molecule has 2 rings (SSSR count). The normalized spacial score (nSPS) is 10.3. The summed E-state index contributed by atoms with van der Waals surface area (Å²) in [5.41, 5.74) is 1.09. The zero-order chi connectivity index (χ0) is 7.68. The van der Waals surface area contributed by atoms with E-state index in [0.717, 1.165) is 5.69 Å². The van der Waals surface area contributed by atoms with Crippen LogP contribution >= 0.6 is 0 Å². The molecule has 0 saturated carbocycles. The van der Waals surface area contributed by atoms with Crippen molar-refractivity contribution in [2.45, 2.75) is 0 Å². The summed E-state index contributed by atoms with van der Waals surface area (Å²) in [6.07, 6.45) is 7.71. The molecule has 0 unspecified atom stereocenters. The van der Waals surface area contributed by atoms with E-state index < -0.39 is 0 Å². The molecule has 0 spiro atoms. The fraction of sp³-hybridized carbons (Fsp3) is 0.125. The Hall–Kier alpha value is -1.51. The lowest BCUT2D eigenvalue weighted by atomic mass is 10.5. The Balaban J connectivity index is 2.45. The number of aromatic nitrogens is 3. The predicted octanol–water partition coefficient (Wildman–Crippen LogP) is 1.21. The van der Waals surface area contributed by atoms with Crippen LogP contribution < -0.4 is 0 Å². The average Bonchev–Trinajstić information content (AvgIpc) is 2.55. The highest BCUT2D eigenvalue weighted by Gasteiger charge is 1.94. The number of hydrogen-bond donors (Lipinski definition) is 0. The van der Waals surface area contributed by atoms with Crippen molar-refractivity contribution in [2.75, 3.05) is 0 Å². The topological polar surface area (TPSA) is 22.8 Å². The Labute approximate surface area is 64.9 Å². The van der Waals surface area contributed by atoms with Gasteiger partial charge in [0, 0.05) is 31.8 Å². The Kier molecular flexibility index (Phi) is 1.28. The van der Waals surface area contributed by atoms with Crippen molar-refractivity contribution < 1.29 is 0 Å². The number of aryl methyl sites for hydroxylation is 1. The van der Waals surface area contributed by atoms with Gasteiger partial charge in [-0.05, 0) is 12.1 Å². The standard InChI is InChI=1S/C8H9N3/c1-10-6-3-8(7-10)11-5-2-4-9-11/h2-7H,1H3. The number of nitrogens with zero attached hydrogens (tertiary/aromatic N) is 3. The van der Waals surface area contributed by atoms with Gasteiger partial charge in [-0.15, -0.1) is 0 Å². The summed E-state index contributed by atoms with van der Waals surface area (Å²) in [6.45, 7) is 0. The third kappa shape index (κ3) is 1.05. The highest BCUT2D eigenvalue weighted by Crippen LogP contribution is 2.04. The first-order valence-electron chi connectivity index (χ1n) is 3.48. The third-order valence-electron chi connectivity index (χ3n) is 1.59. The molecule has 0 fully saturated rings. The van der Waals surface area contributed by atoms with Crippen LogP contribution in [0.2, 0.25) is 0 Å². The molecule has 0 aliphatic heterocycles. The van der Waals surface area contributed by atoms with E-state index in [0.29, 0.717) is 0 Å². The van der Waals surface area contributed by atoms with Crippen molar-refractivity contribution in [3.8, 4) is 5.69 Å². The van der Waals surface area contributed by atoms with Crippen LogP contribution in [0.1, 0.15) is 0 Å². The van der Waals surface area contributed by atoms with Gasteiger partial charge in [-0.2, -0.15) is 5.10 Å². The highest BCUT2D eigenvalue weighted by atomic mass is 15.3. The Bertz CT molecular complexity index is 332. The van der Waals surface area contributed by atoms with Gasteiger partial charge < -0.3 is 4.57 Å². The van der Waals surface area contributed by atoms with Crippen molar-refractivity contribution in [1.29, 1.82) is 0 Å². The molecule has 0 aliphatic rings. The zero-order valence-corrected chi connectivity index (χ0v) is 6.31. The van der Waals surface area contributed by atoms with E-state index in [1.165, 1.54) is 0 Å². The fourth-order valence-corrected chi connectivity index (χ4v) is 1.05. The van der Waals surface area contributed by atoms with Crippen molar-refractivity contribution in [3.05, 3.63) is 36.9 Å². The minimum absolute atomic E-state index is 1.09. The predicted molar refractivity (Wildman–Crippen MR) is 42.5 cm³/mol. The molecule has 2 aromatic heterocycles. The summed E-state index contributed by atoms with van der Waals surface area (Å²) in [6, 6.07) is 3.93. The Morgan fingerprint density at radius 2 is 2.27 bits per heavy atom. The lowest BCUT2D eigenvalue weighted by Crippen LogP contribution is -1.91. The quantitative estimate of drug-likeness (QED) is 0.594. The summed E-state index contributed by atoms with van der Waals surface area (Å²) in [5.74, 6) is 0. The molecule has 0 amide bonds. The van der Waals surface area contributed by atoms with E-state index in [-0.39, 0.29) is 0 Å². The lowest BCUT2D eigenvalue weighted by molar-refractivity contribution is 0.864. The van der Waals surface area contributed by atoms with Crippen molar-refractivity contribution in [2.24, 2.45) is 7.05 Å². The maximum Gasteiger partial charge on any atom is 0.0821 e. The van der Waals surface area contributed by atoms with E-state index in [9.17, 15) is 0 Å². The van der Waals surface area contributed by atoms with Crippen molar-refractivity contribution in [1.82, 2.24) is 14.3 Å². The summed E-state index contributed by atoms with van der Waals surface area (Å²) >= 11 is 0. The van der Waals surface area contributed by atoms with Crippen molar-refractivity contribution >= 4 is 0 Å². The van der Waals surface area contributed by atoms with E-state index in [1.807, 2.05) is 47.0 Å². The molecule has 0 atom stereocenters. The van der Waals surface area contributed by atoms with Crippen LogP contribution in [0.4, 0.5) is 0 Å². The molecule has 2 aromatic rings. The molecule has 2 heterocycles. The van der Waals surface area contributed by atoms with Crippen LogP contribution in [0.25, 0.3) is 5.69 Å². The van der Waals surface area contributed by atoms with E-state index >= 15 is 0 Å². The second-order valence-corrected chi connectivity index (χ2v) is 2.49. The third-order valence-corrected chi connectivity index (χ3v) is 1.59. The van der Waals surface area contributed by atoms with Crippen LogP contribution in [0.3, 0.4) is 0 Å². The monoisotopic (exact) mass is 147 g/mol. The largest absolute Gasteiger partial charge is 0.355 e. The number of rotatable bonds is 1. The molecule has 11 heavy (non-hydrogen) atoms. The van der Waals surface area contributed by atoms with Gasteiger partial charge in [0.1, 0.15) is 0 Å². The lowest BCUT2D eigenvalue weighted by Gasteiger charge is -1.93. The van der Waals surface area contributed by atoms with Crippen LogP contribution in [-0.4, -0.2) is 14.3 Å². The molecule has 0 radical (unpaired) electrons. The van der Waals surface area contributed by atoms with Crippen molar-refractivity contribution in [3.63, 3.8) is 0 Å². The van der Waals surface area contributed by atoms with Gasteiger partial charge in [-0.3, -0.25) is 0 Å². The van der Waals surface area contributed by atoms with E-state index in [2.05, 4.69) is 5.10 Å². The summed E-state index contributed by atoms with van der Waals surface area (Å²) < 4.78 is 3.83. The van der Waals surface area contributed by atoms with E-state index in [4.69, 9.17) is 0 Å². The molecule has 0 aromatic carbocycles. The summed E-state index contributed by atoms with van der Waals surface area (Å²) in [7, 11) is 1.99. The maximum atomic E-state index is 4.10. The smallest absolute Gasteiger partial charge is 0.0821 e. The molecule has 0 bridgehead atoms. The SMILES string of the molecule is Cn1ccc(-n2cccn2)c1. The summed E-state index contributed by atoms with van der Waals surface area (Å²) in [4.78, 5) is 0. The minimum Gasteiger partial charge on any atom is -0.355 e. The molecular formula is C8H9N3. The molecule has 3 nitrogen and oxygen atoms in total. The molecule has 3 heteroatoms. The minimum atomic E-state index is 1.09. The van der Waals surface area contributed by atoms with E-state index in [1.54, 1.807) is 6.20 Å². The van der Waals surface area contributed by atoms with Gasteiger partial charge in [0.05, 0.1) is 5.69 Å². The molecule has 0 N–H and O–H groups in total. The second kappa shape index (κ2) is 2.27. The summed E-state index contributed by atoms with van der Waals surface area (Å²) in [5, 5.41) is 4.10. The first kappa shape index (κ1) is 6.22. The van der Waals surface area contributed by atoms with Gasteiger partial charge in [0.2, 0.25) is 0 Å². The molecule has 56 valence electrons. The van der Waals surface area contributed by atoms with Crippen LogP contribution in [0, 0.1) is 0 Å². The highest BCUT2D eigenvalue weighted by molar-refractivity contribution is 5.27. The maximum absolute atomic E-state index is 4.10. The van der Waals surface area contributed by atoms with Crippen LogP contribution in [0.15, 0.2) is 36.9 Å². The molecular weight excluding hydrogens is 138 g/mol. The second-order valence-electron chi connectivity index (χ2n) is 2.49. The zero-order valence-electron chi connectivity index (χ0n) is 6.31. The van der Waals surface area contributed by atoms with Gasteiger partial charge in [-0.25, -0.2) is 4.68 Å². The number of hydrogen-bond acceptors (Lipinski definition) is 1. The first-order valence-corrected chi connectivity index (χ1v) is 3.48. The molecule has 0 saturated heterocycles. The Morgan fingerprint density at radius 3 is 2.82 bits per heavy atom. The van der Waals surface area contributed by atoms with Gasteiger partial charge in [0.15, 0.2) is 0 Å². The van der Waals surface area contributed by atoms with Gasteiger partial charge in [0.25, 0.3) is 0 Å². The van der Waals surface area contributed by atoms with Crippen LogP contribution in [0.5, 0.6) is 0 Å². The van der Waals surface area contributed by atoms with Gasteiger partial charge in [-0.1, -0.05) is 0 Å². The average molecular weight is 147 g/mol. The molecule has 0 aliphatic carbocycles. The van der Waals surface area contributed by atoms with Crippen LogP contribution in [-0.2, 0) is 7.05 Å². The fourth-order valence-electron chi connectivity index (χ4n) is 1.05. The Morgan fingerprint density at radius 1 is 1.36 bits per heavy atom. The first-order chi connectivity index (χ1) is 5.36.